The molecular weight excluding hydrogens is 384 g/mol. The summed E-state index contributed by atoms with van der Waals surface area (Å²) in [5.74, 6) is -0.0517. The first-order valence-electron chi connectivity index (χ1n) is 9.51. The van der Waals surface area contributed by atoms with E-state index >= 15 is 0 Å². The maximum absolute atomic E-state index is 12.4. The first-order valence-corrected chi connectivity index (χ1v) is 9.51. The number of benzene rings is 2. The first kappa shape index (κ1) is 20.8. The van der Waals surface area contributed by atoms with Gasteiger partial charge < -0.3 is 21.1 Å². The largest absolute Gasteiger partial charge is 0.494 e. The minimum absolute atomic E-state index is 0.0176. The number of rotatable bonds is 8. The van der Waals surface area contributed by atoms with Gasteiger partial charge in [-0.3, -0.25) is 9.59 Å². The zero-order valence-electron chi connectivity index (χ0n) is 16.9. The van der Waals surface area contributed by atoms with Gasteiger partial charge in [0.25, 0.3) is 5.91 Å². The van der Waals surface area contributed by atoms with Crippen LogP contribution in [-0.2, 0) is 17.9 Å². The quantitative estimate of drug-likeness (QED) is 0.525. The summed E-state index contributed by atoms with van der Waals surface area (Å²) in [6.45, 7) is 4.63. The Bertz CT molecular complexity index is 1010. The van der Waals surface area contributed by atoms with Crippen LogP contribution in [0.5, 0.6) is 5.75 Å². The Labute approximate surface area is 174 Å². The zero-order valence-corrected chi connectivity index (χ0v) is 16.9. The summed E-state index contributed by atoms with van der Waals surface area (Å²) >= 11 is 0. The van der Waals surface area contributed by atoms with E-state index in [1.165, 1.54) is 4.68 Å². The molecule has 9 heteroatoms. The Balaban J connectivity index is 1.56. The van der Waals surface area contributed by atoms with Gasteiger partial charge in [0, 0.05) is 12.2 Å². The van der Waals surface area contributed by atoms with Crippen molar-refractivity contribution in [3.8, 4) is 5.75 Å². The van der Waals surface area contributed by atoms with Crippen LogP contribution < -0.4 is 21.1 Å². The van der Waals surface area contributed by atoms with Crippen molar-refractivity contribution in [3.05, 3.63) is 65.4 Å². The molecule has 156 valence electrons. The Kier molecular flexibility index (Phi) is 6.63. The number of nitrogens with one attached hydrogen (secondary N) is 2. The number of ether oxygens (including phenoxy) is 1. The molecule has 0 unspecified atom stereocenters. The highest BCUT2D eigenvalue weighted by Crippen LogP contribution is 2.16. The Hall–Kier alpha value is -3.88. The topological polar surface area (TPSA) is 124 Å². The van der Waals surface area contributed by atoms with E-state index in [0.29, 0.717) is 18.8 Å². The molecule has 1 heterocycles. The van der Waals surface area contributed by atoms with Crippen LogP contribution in [-0.4, -0.2) is 33.4 Å². The molecule has 0 radical (unpaired) electrons. The molecule has 0 aliphatic heterocycles. The van der Waals surface area contributed by atoms with Crippen molar-refractivity contribution in [2.24, 2.45) is 0 Å². The fraction of sp³-hybridized carbons (Fsp3) is 0.238. The lowest BCUT2D eigenvalue weighted by Gasteiger charge is -2.08. The van der Waals surface area contributed by atoms with Gasteiger partial charge in [-0.1, -0.05) is 35.0 Å². The maximum atomic E-state index is 12.4. The van der Waals surface area contributed by atoms with Gasteiger partial charge in [0.1, 0.15) is 12.3 Å². The molecule has 3 rings (SSSR count). The summed E-state index contributed by atoms with van der Waals surface area (Å²) in [5, 5.41) is 13.1. The monoisotopic (exact) mass is 408 g/mol. The van der Waals surface area contributed by atoms with Crippen LogP contribution in [0.25, 0.3) is 0 Å². The van der Waals surface area contributed by atoms with E-state index in [2.05, 4.69) is 20.9 Å². The number of carbonyl (C=O) groups is 2. The van der Waals surface area contributed by atoms with Crippen molar-refractivity contribution in [2.45, 2.75) is 26.9 Å². The summed E-state index contributed by atoms with van der Waals surface area (Å²) in [4.78, 5) is 24.6. The lowest BCUT2D eigenvalue weighted by Crippen LogP contribution is -2.25. The number of nitrogens with two attached hydrogens (primary N) is 1. The van der Waals surface area contributed by atoms with Crippen molar-refractivity contribution in [1.82, 2.24) is 20.3 Å². The number of amides is 2. The van der Waals surface area contributed by atoms with Gasteiger partial charge in [-0.2, -0.15) is 0 Å². The van der Waals surface area contributed by atoms with Gasteiger partial charge in [-0.25, -0.2) is 4.68 Å². The van der Waals surface area contributed by atoms with Gasteiger partial charge in [0.05, 0.1) is 6.61 Å². The second-order valence-corrected chi connectivity index (χ2v) is 6.65. The third kappa shape index (κ3) is 5.34. The molecule has 0 fully saturated rings. The zero-order chi connectivity index (χ0) is 21.5. The van der Waals surface area contributed by atoms with E-state index in [9.17, 15) is 9.59 Å². The molecule has 0 spiro atoms. The SMILES string of the molecule is CCOc1ccc(NC(=O)Cn2nnc(C(=O)NCc3ccc(C)cc3)c2N)cc1. The molecular formula is C21H24N6O3. The molecule has 9 nitrogen and oxygen atoms in total. The molecule has 0 saturated heterocycles. The normalized spacial score (nSPS) is 10.5. The fourth-order valence-corrected chi connectivity index (χ4v) is 2.71. The Morgan fingerprint density at radius 3 is 2.47 bits per heavy atom. The average molecular weight is 408 g/mol. The predicted molar refractivity (Wildman–Crippen MR) is 113 cm³/mol. The number of nitrogen functional groups attached to an aromatic ring is 1. The maximum Gasteiger partial charge on any atom is 0.275 e. The van der Waals surface area contributed by atoms with Crippen molar-refractivity contribution in [2.75, 3.05) is 17.7 Å². The first-order chi connectivity index (χ1) is 14.5. The number of hydrogen-bond acceptors (Lipinski definition) is 6. The molecule has 0 bridgehead atoms. The molecule has 1 aromatic heterocycles. The van der Waals surface area contributed by atoms with Gasteiger partial charge >= 0.3 is 0 Å². The number of nitrogens with zero attached hydrogens (tertiary/aromatic N) is 3. The summed E-state index contributed by atoms with van der Waals surface area (Å²) < 4.78 is 6.55. The van der Waals surface area contributed by atoms with Crippen molar-refractivity contribution < 1.29 is 14.3 Å². The lowest BCUT2D eigenvalue weighted by molar-refractivity contribution is -0.116. The van der Waals surface area contributed by atoms with Gasteiger partial charge in [0.15, 0.2) is 11.5 Å². The molecule has 0 aliphatic rings. The molecule has 4 N–H and O–H groups in total. The lowest BCUT2D eigenvalue weighted by atomic mass is 10.1. The predicted octanol–water partition coefficient (Wildman–Crippen LogP) is 2.14. The third-order valence-corrected chi connectivity index (χ3v) is 4.30. The summed E-state index contributed by atoms with van der Waals surface area (Å²) in [6, 6.07) is 14.8. The van der Waals surface area contributed by atoms with Crippen molar-refractivity contribution in [3.63, 3.8) is 0 Å². The summed E-state index contributed by atoms with van der Waals surface area (Å²) in [7, 11) is 0. The van der Waals surface area contributed by atoms with Crippen LogP contribution in [0, 0.1) is 6.92 Å². The highest BCUT2D eigenvalue weighted by Gasteiger charge is 2.18. The summed E-state index contributed by atoms with van der Waals surface area (Å²) in [5.41, 5.74) is 8.65. The summed E-state index contributed by atoms with van der Waals surface area (Å²) in [6.07, 6.45) is 0. The molecule has 3 aromatic rings. The third-order valence-electron chi connectivity index (χ3n) is 4.30. The van der Waals surface area contributed by atoms with E-state index < -0.39 is 5.91 Å². The van der Waals surface area contributed by atoms with Gasteiger partial charge in [-0.05, 0) is 43.7 Å². The van der Waals surface area contributed by atoms with E-state index in [0.717, 1.165) is 16.9 Å². The second kappa shape index (κ2) is 9.55. The molecule has 2 aromatic carbocycles. The van der Waals surface area contributed by atoms with Crippen molar-refractivity contribution in [1.29, 1.82) is 0 Å². The van der Waals surface area contributed by atoms with E-state index in [4.69, 9.17) is 10.5 Å². The number of hydrogen-bond donors (Lipinski definition) is 3. The minimum Gasteiger partial charge on any atom is -0.494 e. The molecule has 0 aliphatic carbocycles. The molecule has 2 amide bonds. The number of aryl methyl sites for hydroxylation is 1. The van der Waals surface area contributed by atoms with E-state index in [-0.39, 0.29) is 24.0 Å². The van der Waals surface area contributed by atoms with Crippen LogP contribution in [0.2, 0.25) is 0 Å². The van der Waals surface area contributed by atoms with Crippen LogP contribution >= 0.6 is 0 Å². The van der Waals surface area contributed by atoms with Crippen LogP contribution in [0.3, 0.4) is 0 Å². The number of aromatic nitrogens is 3. The molecule has 0 atom stereocenters. The standard InChI is InChI=1S/C21H24N6O3/c1-3-30-17-10-8-16(9-11-17)24-18(28)13-27-20(22)19(25-26-27)21(29)23-12-15-6-4-14(2)5-7-15/h4-11H,3,12-13,22H2,1-2H3,(H,23,29)(H,24,28). The fourth-order valence-electron chi connectivity index (χ4n) is 2.71. The van der Waals surface area contributed by atoms with Gasteiger partial charge in [-0.15, -0.1) is 5.10 Å². The second-order valence-electron chi connectivity index (χ2n) is 6.65. The van der Waals surface area contributed by atoms with Crippen LogP contribution in [0.1, 0.15) is 28.5 Å². The van der Waals surface area contributed by atoms with Crippen LogP contribution in [0.4, 0.5) is 11.5 Å². The smallest absolute Gasteiger partial charge is 0.275 e. The van der Waals surface area contributed by atoms with Gasteiger partial charge in [0.2, 0.25) is 5.91 Å². The molecule has 30 heavy (non-hydrogen) atoms. The molecule has 0 saturated carbocycles. The highest BCUT2D eigenvalue weighted by molar-refractivity contribution is 5.96. The van der Waals surface area contributed by atoms with Crippen molar-refractivity contribution >= 4 is 23.3 Å². The van der Waals surface area contributed by atoms with E-state index in [1.54, 1.807) is 24.3 Å². The van der Waals surface area contributed by atoms with Crippen LogP contribution in [0.15, 0.2) is 48.5 Å². The number of carbonyl (C=O) groups excluding carboxylic acids is 2. The Morgan fingerprint density at radius 2 is 1.80 bits per heavy atom. The average Bonchev–Trinajstić information content (AvgIpc) is 3.09. The number of anilines is 2. The van der Waals surface area contributed by atoms with E-state index in [1.807, 2.05) is 38.1 Å². The minimum atomic E-state index is -0.453. The highest BCUT2D eigenvalue weighted by atomic mass is 16.5. The Morgan fingerprint density at radius 1 is 1.10 bits per heavy atom.